The van der Waals surface area contributed by atoms with Gasteiger partial charge < -0.3 is 0 Å². The Balaban J connectivity index is 2.25. The van der Waals surface area contributed by atoms with Crippen LogP contribution < -0.4 is 0 Å². The molecular weight excluding hydrogens is 319 g/mol. The van der Waals surface area contributed by atoms with Crippen molar-refractivity contribution in [2.45, 2.75) is 6.42 Å². The summed E-state index contributed by atoms with van der Waals surface area (Å²) in [5, 5.41) is 0.366. The first-order valence-corrected chi connectivity index (χ1v) is 6.46. The van der Waals surface area contributed by atoms with Crippen LogP contribution in [0.5, 0.6) is 0 Å². The van der Waals surface area contributed by atoms with Crippen LogP contribution in [-0.4, -0.2) is 5.78 Å². The van der Waals surface area contributed by atoms with Crippen LogP contribution in [0.2, 0.25) is 5.02 Å². The van der Waals surface area contributed by atoms with Crippen LogP contribution in [0, 0.1) is 5.82 Å². The van der Waals surface area contributed by atoms with E-state index in [-0.39, 0.29) is 18.0 Å². The Morgan fingerprint density at radius 2 is 1.94 bits per heavy atom. The highest BCUT2D eigenvalue weighted by atomic mass is 79.9. The Labute approximate surface area is 118 Å². The van der Waals surface area contributed by atoms with Gasteiger partial charge in [-0.15, -0.1) is 0 Å². The molecule has 0 bridgehead atoms. The Kier molecular flexibility index (Phi) is 4.15. The topological polar surface area (TPSA) is 17.1 Å². The van der Waals surface area contributed by atoms with E-state index in [2.05, 4.69) is 15.9 Å². The lowest BCUT2D eigenvalue weighted by molar-refractivity contribution is 0.0992. The summed E-state index contributed by atoms with van der Waals surface area (Å²) in [5.41, 5.74) is 0.782. The monoisotopic (exact) mass is 326 g/mol. The summed E-state index contributed by atoms with van der Waals surface area (Å²) in [6.07, 6.45) is 0.00796. The molecule has 0 aliphatic rings. The summed E-state index contributed by atoms with van der Waals surface area (Å²) in [6.45, 7) is 0. The Morgan fingerprint density at radius 1 is 1.22 bits per heavy atom. The molecule has 0 atom stereocenters. The molecule has 0 spiro atoms. The van der Waals surface area contributed by atoms with Crippen molar-refractivity contribution in [2.24, 2.45) is 0 Å². The lowest BCUT2D eigenvalue weighted by atomic mass is 10.0. The smallest absolute Gasteiger partial charge is 0.168 e. The van der Waals surface area contributed by atoms with Gasteiger partial charge >= 0.3 is 0 Å². The van der Waals surface area contributed by atoms with E-state index in [9.17, 15) is 9.18 Å². The van der Waals surface area contributed by atoms with Crippen LogP contribution in [0.3, 0.4) is 0 Å². The maximum Gasteiger partial charge on any atom is 0.168 e. The van der Waals surface area contributed by atoms with Crippen LogP contribution in [0.25, 0.3) is 0 Å². The first-order chi connectivity index (χ1) is 8.58. The number of hydrogen-bond acceptors (Lipinski definition) is 1. The van der Waals surface area contributed by atoms with Crippen LogP contribution in [0.4, 0.5) is 4.39 Å². The summed E-state index contributed by atoms with van der Waals surface area (Å²) in [6, 6.07) is 11.3. The average Bonchev–Trinajstić information content (AvgIpc) is 2.32. The molecule has 92 valence electrons. The third-order valence-corrected chi connectivity index (χ3v) is 3.35. The highest BCUT2D eigenvalue weighted by Gasteiger charge is 2.13. The summed E-state index contributed by atoms with van der Waals surface area (Å²) < 4.78 is 14.2. The van der Waals surface area contributed by atoms with Gasteiger partial charge in [0.2, 0.25) is 0 Å². The van der Waals surface area contributed by atoms with Crippen molar-refractivity contribution in [3.63, 3.8) is 0 Å². The zero-order chi connectivity index (χ0) is 13.1. The van der Waals surface area contributed by atoms with Crippen LogP contribution in [-0.2, 0) is 6.42 Å². The fourth-order valence-electron chi connectivity index (χ4n) is 1.63. The van der Waals surface area contributed by atoms with Gasteiger partial charge in [0.1, 0.15) is 5.82 Å². The first-order valence-electron chi connectivity index (χ1n) is 5.29. The Morgan fingerprint density at radius 3 is 2.61 bits per heavy atom. The minimum Gasteiger partial charge on any atom is -0.294 e. The molecule has 0 aliphatic carbocycles. The lowest BCUT2D eigenvalue weighted by Crippen LogP contribution is -2.05. The number of halogens is 3. The zero-order valence-corrected chi connectivity index (χ0v) is 11.6. The normalized spacial score (nSPS) is 10.4. The van der Waals surface area contributed by atoms with Crippen molar-refractivity contribution in [2.75, 3.05) is 0 Å². The van der Waals surface area contributed by atoms with Gasteiger partial charge in [-0.2, -0.15) is 0 Å². The molecule has 2 rings (SSSR count). The van der Waals surface area contributed by atoms with Crippen LogP contribution in [0.15, 0.2) is 46.9 Å². The summed E-state index contributed by atoms with van der Waals surface area (Å²) in [4.78, 5) is 12.0. The van der Waals surface area contributed by atoms with Crippen molar-refractivity contribution in [1.29, 1.82) is 0 Å². The molecular formula is C14H9BrClFO. The van der Waals surface area contributed by atoms with Crippen molar-refractivity contribution < 1.29 is 9.18 Å². The molecule has 0 amide bonds. The minimum absolute atomic E-state index is 0.00796. The third-order valence-electron chi connectivity index (χ3n) is 2.54. The number of Topliss-reactive ketones (excluding diaryl/α,β-unsaturated/α-hetero) is 1. The van der Waals surface area contributed by atoms with E-state index in [1.54, 1.807) is 36.4 Å². The molecule has 0 aromatic heterocycles. The predicted octanol–water partition coefficient (Wildman–Crippen LogP) is 4.67. The molecule has 0 saturated heterocycles. The lowest BCUT2D eigenvalue weighted by Gasteiger charge is -2.05. The van der Waals surface area contributed by atoms with Gasteiger partial charge in [0.05, 0.1) is 5.02 Å². The number of ketones is 1. The van der Waals surface area contributed by atoms with Gasteiger partial charge in [0.25, 0.3) is 0 Å². The fourth-order valence-corrected chi connectivity index (χ4v) is 2.40. The van der Waals surface area contributed by atoms with Gasteiger partial charge in [-0.3, -0.25) is 4.79 Å². The van der Waals surface area contributed by atoms with Crippen molar-refractivity contribution in [1.82, 2.24) is 0 Å². The SMILES string of the molecule is O=C(Cc1ccccc1F)c1ccc(Br)cc1Cl. The molecule has 0 unspecified atom stereocenters. The highest BCUT2D eigenvalue weighted by Crippen LogP contribution is 2.23. The maximum atomic E-state index is 13.4. The highest BCUT2D eigenvalue weighted by molar-refractivity contribution is 9.10. The van der Waals surface area contributed by atoms with Crippen molar-refractivity contribution >= 4 is 33.3 Å². The van der Waals surface area contributed by atoms with Crippen molar-refractivity contribution in [3.8, 4) is 0 Å². The molecule has 1 nitrogen and oxygen atoms in total. The Bertz CT molecular complexity index is 598. The molecule has 0 heterocycles. The number of rotatable bonds is 3. The van der Waals surface area contributed by atoms with E-state index < -0.39 is 0 Å². The first kappa shape index (κ1) is 13.2. The molecule has 18 heavy (non-hydrogen) atoms. The molecule has 0 aliphatic heterocycles. The van der Waals surface area contributed by atoms with Crippen LogP contribution >= 0.6 is 27.5 Å². The van der Waals surface area contributed by atoms with E-state index >= 15 is 0 Å². The fraction of sp³-hybridized carbons (Fsp3) is 0.0714. The average molecular weight is 328 g/mol. The molecule has 2 aromatic carbocycles. The quantitative estimate of drug-likeness (QED) is 0.749. The second-order valence-corrected chi connectivity index (χ2v) is 5.14. The second kappa shape index (κ2) is 5.63. The van der Waals surface area contributed by atoms with E-state index in [1.807, 2.05) is 0 Å². The molecule has 0 N–H and O–H groups in total. The number of hydrogen-bond donors (Lipinski definition) is 0. The molecule has 0 fully saturated rings. The minimum atomic E-state index is -0.376. The van der Waals surface area contributed by atoms with E-state index in [0.29, 0.717) is 16.1 Å². The summed E-state index contributed by atoms with van der Waals surface area (Å²) in [5.74, 6) is -0.573. The molecule has 0 saturated carbocycles. The zero-order valence-electron chi connectivity index (χ0n) is 9.29. The van der Waals surface area contributed by atoms with Crippen LogP contribution in [0.1, 0.15) is 15.9 Å². The summed E-state index contributed by atoms with van der Waals surface area (Å²) >= 11 is 9.25. The molecule has 2 aromatic rings. The molecule has 0 radical (unpaired) electrons. The predicted molar refractivity (Wildman–Crippen MR) is 73.6 cm³/mol. The van der Waals surface area contributed by atoms with Gasteiger partial charge in [-0.25, -0.2) is 4.39 Å². The van der Waals surface area contributed by atoms with Gasteiger partial charge in [0, 0.05) is 16.5 Å². The van der Waals surface area contributed by atoms with Crippen molar-refractivity contribution in [3.05, 3.63) is 68.9 Å². The summed E-state index contributed by atoms with van der Waals surface area (Å²) in [7, 11) is 0. The number of benzene rings is 2. The Hall–Kier alpha value is -1.19. The van der Waals surface area contributed by atoms with E-state index in [0.717, 1.165) is 4.47 Å². The third kappa shape index (κ3) is 2.98. The molecule has 4 heteroatoms. The van der Waals surface area contributed by atoms with E-state index in [4.69, 9.17) is 11.6 Å². The van der Waals surface area contributed by atoms with Gasteiger partial charge in [-0.1, -0.05) is 45.7 Å². The largest absolute Gasteiger partial charge is 0.294 e. The maximum absolute atomic E-state index is 13.4. The number of carbonyl (C=O) groups excluding carboxylic acids is 1. The van der Waals surface area contributed by atoms with E-state index in [1.165, 1.54) is 6.07 Å². The number of carbonyl (C=O) groups is 1. The second-order valence-electron chi connectivity index (χ2n) is 3.82. The van der Waals surface area contributed by atoms with Gasteiger partial charge in [0.15, 0.2) is 5.78 Å². The standard InChI is InChI=1S/C14H9BrClFO/c15-10-5-6-11(12(16)8-10)14(18)7-9-3-1-2-4-13(9)17/h1-6,8H,7H2. The van der Waals surface area contributed by atoms with Gasteiger partial charge in [-0.05, 0) is 29.8 Å².